The lowest BCUT2D eigenvalue weighted by Gasteiger charge is -2.77. The van der Waals surface area contributed by atoms with Gasteiger partial charge < -0.3 is 9.67 Å². The van der Waals surface area contributed by atoms with Gasteiger partial charge in [0.1, 0.15) is 5.82 Å². The predicted molar refractivity (Wildman–Crippen MR) is 121 cm³/mol. The van der Waals surface area contributed by atoms with Gasteiger partial charge in [0.15, 0.2) is 0 Å². The SMILES string of the molecule is CC1Cc2c(n(C)c3ccccc23)C2c3c(F)cc(/C=C/C(=O)O)cc3C3C4CC3(C4)N12. The van der Waals surface area contributed by atoms with E-state index in [0.717, 1.165) is 23.6 Å². The summed E-state index contributed by atoms with van der Waals surface area (Å²) in [5, 5.41) is 10.3. The minimum absolute atomic E-state index is 0.101. The first-order chi connectivity index (χ1) is 15.4. The molecule has 162 valence electrons. The monoisotopic (exact) mass is 428 g/mol. The maximum absolute atomic E-state index is 15.9. The third-order valence-electron chi connectivity index (χ3n) is 8.78. The third-order valence-corrected chi connectivity index (χ3v) is 8.78. The van der Waals surface area contributed by atoms with Crippen molar-refractivity contribution in [3.8, 4) is 0 Å². The van der Waals surface area contributed by atoms with Crippen molar-refractivity contribution < 1.29 is 14.3 Å². The number of hydrogen-bond acceptors (Lipinski definition) is 2. The molecule has 5 aliphatic rings. The molecular weight excluding hydrogens is 403 g/mol. The number of halogens is 1. The summed E-state index contributed by atoms with van der Waals surface area (Å²) in [7, 11) is 2.12. The molecule has 1 N–H and O–H groups in total. The highest BCUT2D eigenvalue weighted by molar-refractivity contribution is 5.87. The number of carboxylic acids is 1. The lowest BCUT2D eigenvalue weighted by Crippen LogP contribution is -2.78. The number of aryl methyl sites for hydroxylation is 1. The molecule has 3 atom stereocenters. The molecule has 8 rings (SSSR count). The highest BCUT2D eigenvalue weighted by Gasteiger charge is 2.73. The molecule has 3 aromatic rings. The lowest BCUT2D eigenvalue weighted by molar-refractivity contribution is -0.209. The van der Waals surface area contributed by atoms with E-state index in [4.69, 9.17) is 5.11 Å². The molecule has 5 heteroatoms. The first-order valence-electron chi connectivity index (χ1n) is 11.5. The highest BCUT2D eigenvalue weighted by atomic mass is 19.1. The number of para-hydroxylation sites is 1. The summed E-state index contributed by atoms with van der Waals surface area (Å²) in [6.07, 6.45) is 5.98. The molecule has 3 saturated carbocycles. The summed E-state index contributed by atoms with van der Waals surface area (Å²) in [5.41, 5.74) is 6.44. The van der Waals surface area contributed by atoms with Gasteiger partial charge in [-0.25, -0.2) is 9.18 Å². The van der Waals surface area contributed by atoms with Crippen molar-refractivity contribution in [2.75, 3.05) is 0 Å². The van der Waals surface area contributed by atoms with Crippen LogP contribution < -0.4 is 0 Å². The molecule has 3 heterocycles. The lowest BCUT2D eigenvalue weighted by atomic mass is 9.37. The number of aliphatic carboxylic acids is 1. The van der Waals surface area contributed by atoms with Crippen molar-refractivity contribution in [1.82, 2.24) is 9.47 Å². The van der Waals surface area contributed by atoms with Gasteiger partial charge in [0.2, 0.25) is 0 Å². The van der Waals surface area contributed by atoms with Gasteiger partial charge >= 0.3 is 5.97 Å². The summed E-state index contributed by atoms with van der Waals surface area (Å²) in [4.78, 5) is 13.7. The largest absolute Gasteiger partial charge is 0.478 e. The summed E-state index contributed by atoms with van der Waals surface area (Å²) in [6.45, 7) is 2.31. The Morgan fingerprint density at radius 3 is 2.75 bits per heavy atom. The fourth-order valence-corrected chi connectivity index (χ4v) is 7.65. The molecule has 4 nitrogen and oxygen atoms in total. The molecule has 0 saturated heterocycles. The maximum Gasteiger partial charge on any atom is 0.328 e. The van der Waals surface area contributed by atoms with Crippen LogP contribution in [0.5, 0.6) is 0 Å². The van der Waals surface area contributed by atoms with Crippen LogP contribution in [0, 0.1) is 11.7 Å². The van der Waals surface area contributed by atoms with Gasteiger partial charge in [-0.1, -0.05) is 24.3 Å². The molecule has 2 aromatic carbocycles. The maximum atomic E-state index is 15.9. The van der Waals surface area contributed by atoms with Gasteiger partial charge in [-0.3, -0.25) is 4.90 Å². The average molecular weight is 429 g/mol. The van der Waals surface area contributed by atoms with E-state index in [1.807, 2.05) is 0 Å². The zero-order chi connectivity index (χ0) is 21.9. The molecule has 2 aliphatic heterocycles. The standard InChI is InChI=1S/C27H25FN2O2/c1-14-9-18-17-5-3-4-6-21(17)29(2)25(18)26-23-19(24-16-12-27(24,13-16)30(14)26)10-15(11-20(23)28)7-8-22(31)32/h3-8,10-11,14,16,24,26H,9,12-13H2,1-2H3,(H,31,32)/b8-7+. The van der Waals surface area contributed by atoms with Crippen LogP contribution in [0.1, 0.15) is 59.7 Å². The fourth-order valence-electron chi connectivity index (χ4n) is 7.65. The molecule has 32 heavy (non-hydrogen) atoms. The first-order valence-corrected chi connectivity index (χ1v) is 11.5. The van der Waals surface area contributed by atoms with Gasteiger partial charge in [-0.05, 0) is 67.0 Å². The number of aromatic nitrogens is 1. The van der Waals surface area contributed by atoms with Gasteiger partial charge in [0, 0.05) is 52.8 Å². The number of benzene rings is 2. The Kier molecular flexibility index (Phi) is 3.44. The average Bonchev–Trinajstić information content (AvgIpc) is 2.98. The van der Waals surface area contributed by atoms with E-state index in [1.165, 1.54) is 47.1 Å². The Morgan fingerprint density at radius 2 is 2.03 bits per heavy atom. The molecule has 0 amide bonds. The van der Waals surface area contributed by atoms with Crippen molar-refractivity contribution in [3.05, 3.63) is 76.2 Å². The van der Waals surface area contributed by atoms with Gasteiger partial charge in [0.25, 0.3) is 0 Å². The molecule has 3 fully saturated rings. The predicted octanol–water partition coefficient (Wildman–Crippen LogP) is 5.01. The first kappa shape index (κ1) is 18.6. The summed E-state index contributed by atoms with van der Waals surface area (Å²) in [6, 6.07) is 12.3. The minimum Gasteiger partial charge on any atom is -0.478 e. The normalized spacial score (nSPS) is 32.0. The minimum atomic E-state index is -1.02. The van der Waals surface area contributed by atoms with E-state index in [1.54, 1.807) is 0 Å². The van der Waals surface area contributed by atoms with Crippen molar-refractivity contribution in [3.63, 3.8) is 0 Å². The number of nitrogens with zero attached hydrogens (tertiary/aromatic N) is 2. The zero-order valence-electron chi connectivity index (χ0n) is 18.2. The third kappa shape index (κ3) is 2.04. The van der Waals surface area contributed by atoms with E-state index >= 15 is 4.39 Å². The second-order valence-corrected chi connectivity index (χ2v) is 10.2. The topological polar surface area (TPSA) is 45.5 Å². The number of carboxylic acid groups (broad SMARTS) is 1. The van der Waals surface area contributed by atoms with E-state index in [-0.39, 0.29) is 17.4 Å². The molecule has 3 unspecified atom stereocenters. The van der Waals surface area contributed by atoms with Crippen molar-refractivity contribution >= 4 is 22.9 Å². The van der Waals surface area contributed by atoms with Crippen LogP contribution >= 0.6 is 0 Å². The van der Waals surface area contributed by atoms with Crippen molar-refractivity contribution in [1.29, 1.82) is 0 Å². The number of rotatable bonds is 2. The van der Waals surface area contributed by atoms with Crippen LogP contribution in [0.25, 0.3) is 17.0 Å². The summed E-state index contributed by atoms with van der Waals surface area (Å²) in [5.74, 6) is -0.249. The van der Waals surface area contributed by atoms with Crippen LogP contribution in [-0.4, -0.2) is 32.1 Å². The number of hydrogen-bond donors (Lipinski definition) is 1. The molecule has 1 spiro atoms. The highest BCUT2D eigenvalue weighted by Crippen LogP contribution is 2.75. The number of fused-ring (bicyclic) bond motifs is 7. The van der Waals surface area contributed by atoms with Crippen LogP contribution in [0.2, 0.25) is 0 Å². The Hall–Kier alpha value is -2.92. The Labute approximate surface area is 186 Å². The summed E-state index contributed by atoms with van der Waals surface area (Å²) >= 11 is 0. The van der Waals surface area contributed by atoms with E-state index in [2.05, 4.69) is 53.8 Å². The van der Waals surface area contributed by atoms with Crippen molar-refractivity contribution in [2.45, 2.75) is 49.7 Å². The number of carbonyl (C=O) groups is 1. The van der Waals surface area contributed by atoms with E-state index < -0.39 is 5.97 Å². The Bertz CT molecular complexity index is 1360. The molecule has 2 bridgehead atoms. The molecule has 0 radical (unpaired) electrons. The molecular formula is C27H25FN2O2. The molecule has 3 aliphatic carbocycles. The van der Waals surface area contributed by atoms with Crippen LogP contribution in [0.3, 0.4) is 0 Å². The van der Waals surface area contributed by atoms with Crippen molar-refractivity contribution in [2.24, 2.45) is 13.0 Å². The Morgan fingerprint density at radius 1 is 1.25 bits per heavy atom. The second-order valence-electron chi connectivity index (χ2n) is 10.2. The van der Waals surface area contributed by atoms with Crippen LogP contribution in [-0.2, 0) is 18.3 Å². The summed E-state index contributed by atoms with van der Waals surface area (Å²) < 4.78 is 18.2. The van der Waals surface area contributed by atoms with Gasteiger partial charge in [0.05, 0.1) is 6.04 Å². The quantitative estimate of drug-likeness (QED) is 0.584. The van der Waals surface area contributed by atoms with E-state index in [0.29, 0.717) is 23.4 Å². The second kappa shape index (κ2) is 5.90. The van der Waals surface area contributed by atoms with Crippen LogP contribution in [0.4, 0.5) is 4.39 Å². The molecule has 1 aromatic heterocycles. The fraction of sp³-hybridized carbons (Fsp3) is 0.370. The smallest absolute Gasteiger partial charge is 0.328 e. The Balaban J connectivity index is 1.51. The zero-order valence-corrected chi connectivity index (χ0v) is 18.2. The van der Waals surface area contributed by atoms with Gasteiger partial charge in [-0.2, -0.15) is 0 Å². The van der Waals surface area contributed by atoms with E-state index in [9.17, 15) is 4.79 Å². The van der Waals surface area contributed by atoms with Crippen LogP contribution in [0.15, 0.2) is 42.5 Å². The van der Waals surface area contributed by atoms with Gasteiger partial charge in [-0.15, -0.1) is 0 Å².